The first-order valence-electron chi connectivity index (χ1n) is 9.11. The second-order valence-corrected chi connectivity index (χ2v) is 7.89. The summed E-state index contributed by atoms with van der Waals surface area (Å²) in [6.07, 6.45) is 4.93. The topological polar surface area (TPSA) is 67.9 Å². The van der Waals surface area contributed by atoms with Gasteiger partial charge >= 0.3 is 0 Å². The molecule has 4 aliphatic rings. The second kappa shape index (κ2) is 5.38. The molecule has 6 heteroatoms. The Morgan fingerprint density at radius 3 is 2.92 bits per heavy atom. The van der Waals surface area contributed by atoms with Crippen LogP contribution in [0, 0.1) is 17.3 Å². The van der Waals surface area contributed by atoms with Crippen LogP contribution in [0.1, 0.15) is 32.1 Å². The molecule has 0 aromatic heterocycles. The number of nitrogens with zero attached hydrogens (tertiary/aromatic N) is 1. The summed E-state index contributed by atoms with van der Waals surface area (Å²) in [7, 11) is 0. The minimum Gasteiger partial charge on any atom is -0.454 e. The quantitative estimate of drug-likeness (QED) is 0.912. The van der Waals surface area contributed by atoms with Gasteiger partial charge in [-0.3, -0.25) is 9.59 Å². The normalized spacial score (nSPS) is 29.1. The third-order valence-corrected chi connectivity index (χ3v) is 6.04. The van der Waals surface area contributed by atoms with Gasteiger partial charge in [-0.1, -0.05) is 0 Å². The molecule has 0 unspecified atom stereocenters. The van der Waals surface area contributed by atoms with Crippen molar-refractivity contribution in [3.8, 4) is 11.5 Å². The van der Waals surface area contributed by atoms with Crippen LogP contribution in [0.15, 0.2) is 18.2 Å². The van der Waals surface area contributed by atoms with E-state index in [0.29, 0.717) is 23.8 Å². The van der Waals surface area contributed by atoms with Crippen molar-refractivity contribution in [1.29, 1.82) is 0 Å². The predicted molar refractivity (Wildman–Crippen MR) is 90.3 cm³/mol. The van der Waals surface area contributed by atoms with Crippen LogP contribution in [0.3, 0.4) is 0 Å². The van der Waals surface area contributed by atoms with E-state index >= 15 is 0 Å². The van der Waals surface area contributed by atoms with E-state index in [1.165, 1.54) is 12.8 Å². The van der Waals surface area contributed by atoms with Crippen LogP contribution in [0.4, 0.5) is 5.69 Å². The molecule has 0 radical (unpaired) electrons. The van der Waals surface area contributed by atoms with Crippen molar-refractivity contribution in [2.45, 2.75) is 32.1 Å². The van der Waals surface area contributed by atoms with Gasteiger partial charge in [-0.15, -0.1) is 0 Å². The summed E-state index contributed by atoms with van der Waals surface area (Å²) < 4.78 is 10.6. The molecule has 1 spiro atoms. The number of amides is 2. The Kier molecular flexibility index (Phi) is 3.24. The van der Waals surface area contributed by atoms with Gasteiger partial charge < -0.3 is 19.7 Å². The molecule has 1 N–H and O–H groups in total. The largest absolute Gasteiger partial charge is 0.454 e. The fraction of sp³-hybridized carbons (Fsp3) is 0.579. The number of carbonyl (C=O) groups excluding carboxylic acids is 2. The van der Waals surface area contributed by atoms with E-state index in [1.54, 1.807) is 6.07 Å². The fourth-order valence-corrected chi connectivity index (χ4v) is 4.18. The van der Waals surface area contributed by atoms with Gasteiger partial charge in [0.25, 0.3) is 0 Å². The van der Waals surface area contributed by atoms with Gasteiger partial charge in [0.1, 0.15) is 0 Å². The number of hydrogen-bond donors (Lipinski definition) is 1. The monoisotopic (exact) mass is 342 g/mol. The van der Waals surface area contributed by atoms with E-state index in [9.17, 15) is 9.59 Å². The Hall–Kier alpha value is -2.24. The lowest BCUT2D eigenvalue weighted by atomic mass is 10.0. The Balaban J connectivity index is 1.19. The van der Waals surface area contributed by atoms with E-state index in [1.807, 2.05) is 17.0 Å². The van der Waals surface area contributed by atoms with Crippen LogP contribution in [0.5, 0.6) is 11.5 Å². The highest BCUT2D eigenvalue weighted by Crippen LogP contribution is 2.59. The molecule has 0 bridgehead atoms. The summed E-state index contributed by atoms with van der Waals surface area (Å²) in [6.45, 7) is 1.78. The highest BCUT2D eigenvalue weighted by molar-refractivity contribution is 5.95. The van der Waals surface area contributed by atoms with Crippen molar-refractivity contribution in [2.75, 3.05) is 25.2 Å². The summed E-state index contributed by atoms with van der Waals surface area (Å²) in [5.41, 5.74) is 0.746. The van der Waals surface area contributed by atoms with Crippen LogP contribution in [-0.2, 0) is 9.59 Å². The SMILES string of the molecule is O=C(Nc1ccc2c(c1)OCO2)[C@H]1C[C@@]12CCN(C(=O)CC1CC1)C2. The van der Waals surface area contributed by atoms with Crippen LogP contribution in [-0.4, -0.2) is 36.6 Å². The molecule has 2 aliphatic heterocycles. The Labute approximate surface area is 146 Å². The summed E-state index contributed by atoms with van der Waals surface area (Å²) in [4.78, 5) is 26.9. The van der Waals surface area contributed by atoms with Gasteiger partial charge in [-0.2, -0.15) is 0 Å². The van der Waals surface area contributed by atoms with E-state index < -0.39 is 0 Å². The second-order valence-electron chi connectivity index (χ2n) is 7.89. The maximum Gasteiger partial charge on any atom is 0.231 e. The number of carbonyl (C=O) groups is 2. The zero-order valence-electron chi connectivity index (χ0n) is 14.1. The molecule has 1 aromatic rings. The molecule has 3 fully saturated rings. The molecule has 2 saturated carbocycles. The molecule has 2 aliphatic carbocycles. The highest BCUT2D eigenvalue weighted by atomic mass is 16.7. The number of fused-ring (bicyclic) bond motifs is 1. The lowest BCUT2D eigenvalue weighted by Crippen LogP contribution is -2.30. The average Bonchev–Trinajstić information content (AvgIpc) is 3.42. The highest BCUT2D eigenvalue weighted by Gasteiger charge is 2.61. The molecule has 2 heterocycles. The number of anilines is 1. The zero-order valence-corrected chi connectivity index (χ0v) is 14.1. The third-order valence-electron chi connectivity index (χ3n) is 6.04. The molecule has 5 rings (SSSR count). The van der Waals surface area contributed by atoms with Gasteiger partial charge in [0.15, 0.2) is 11.5 Å². The Bertz CT molecular complexity index is 745. The molecular formula is C19H22N2O4. The molecule has 25 heavy (non-hydrogen) atoms. The van der Waals surface area contributed by atoms with Crippen molar-refractivity contribution in [2.24, 2.45) is 17.3 Å². The Morgan fingerprint density at radius 2 is 2.08 bits per heavy atom. The molecule has 2 atom stereocenters. The van der Waals surface area contributed by atoms with Crippen molar-refractivity contribution >= 4 is 17.5 Å². The first-order chi connectivity index (χ1) is 12.1. The number of ether oxygens (including phenoxy) is 2. The van der Waals surface area contributed by atoms with Gasteiger partial charge in [-0.25, -0.2) is 0 Å². The lowest BCUT2D eigenvalue weighted by molar-refractivity contribution is -0.131. The Morgan fingerprint density at radius 1 is 1.24 bits per heavy atom. The fourth-order valence-electron chi connectivity index (χ4n) is 4.18. The standard InChI is InChI=1S/C19H22N2O4/c22-17(7-12-1-2-12)21-6-5-19(10-21)9-14(19)18(23)20-13-3-4-15-16(8-13)25-11-24-15/h3-4,8,12,14H,1-2,5-7,9-11H2,(H,20,23)/t14-,19-/m1/s1. The first-order valence-corrected chi connectivity index (χ1v) is 9.11. The third kappa shape index (κ3) is 2.73. The van der Waals surface area contributed by atoms with E-state index in [2.05, 4.69) is 5.32 Å². The summed E-state index contributed by atoms with van der Waals surface area (Å²) in [5, 5.41) is 2.99. The summed E-state index contributed by atoms with van der Waals surface area (Å²) >= 11 is 0. The molecular weight excluding hydrogens is 320 g/mol. The lowest BCUT2D eigenvalue weighted by Gasteiger charge is -2.16. The zero-order chi connectivity index (χ0) is 17.0. The van der Waals surface area contributed by atoms with Crippen molar-refractivity contribution in [3.63, 3.8) is 0 Å². The molecule has 1 saturated heterocycles. The first kappa shape index (κ1) is 15.0. The number of likely N-dealkylation sites (tertiary alicyclic amines) is 1. The van der Waals surface area contributed by atoms with Crippen molar-refractivity contribution in [1.82, 2.24) is 4.90 Å². The van der Waals surface area contributed by atoms with Crippen LogP contribution < -0.4 is 14.8 Å². The minimum absolute atomic E-state index is 0.0108. The van der Waals surface area contributed by atoms with E-state index in [4.69, 9.17) is 9.47 Å². The van der Waals surface area contributed by atoms with Gasteiger partial charge in [0.2, 0.25) is 18.6 Å². The smallest absolute Gasteiger partial charge is 0.231 e. The van der Waals surface area contributed by atoms with E-state index in [0.717, 1.165) is 31.6 Å². The predicted octanol–water partition coefficient (Wildman–Crippen LogP) is 2.39. The number of hydrogen-bond acceptors (Lipinski definition) is 4. The van der Waals surface area contributed by atoms with Gasteiger partial charge in [0.05, 0.1) is 0 Å². The average molecular weight is 342 g/mol. The maximum absolute atomic E-state index is 12.6. The summed E-state index contributed by atoms with van der Waals surface area (Å²) in [5.74, 6) is 2.34. The molecule has 1 aromatic carbocycles. The summed E-state index contributed by atoms with van der Waals surface area (Å²) in [6, 6.07) is 5.45. The molecule has 6 nitrogen and oxygen atoms in total. The molecule has 132 valence electrons. The maximum atomic E-state index is 12.6. The number of nitrogens with one attached hydrogen (secondary N) is 1. The number of rotatable bonds is 4. The minimum atomic E-state index is 0.0108. The molecule has 2 amide bonds. The van der Waals surface area contributed by atoms with Gasteiger partial charge in [-0.05, 0) is 43.7 Å². The van der Waals surface area contributed by atoms with E-state index in [-0.39, 0.29) is 29.9 Å². The van der Waals surface area contributed by atoms with Crippen molar-refractivity contribution in [3.05, 3.63) is 18.2 Å². The number of benzene rings is 1. The van der Waals surface area contributed by atoms with Gasteiger partial charge in [0, 0.05) is 42.6 Å². The van der Waals surface area contributed by atoms with Crippen LogP contribution in [0.2, 0.25) is 0 Å². The van der Waals surface area contributed by atoms with Crippen molar-refractivity contribution < 1.29 is 19.1 Å². The van der Waals surface area contributed by atoms with Crippen LogP contribution >= 0.6 is 0 Å². The van der Waals surface area contributed by atoms with Crippen LogP contribution in [0.25, 0.3) is 0 Å².